The van der Waals surface area contributed by atoms with Crippen molar-refractivity contribution >= 4 is 28.2 Å². The fraction of sp³-hybridized carbons (Fsp3) is 0.500. The summed E-state index contributed by atoms with van der Waals surface area (Å²) in [5, 5.41) is 12.9. The number of anilines is 1. The molecule has 2 aliphatic rings. The molecule has 1 aromatic rings. The number of thiophene rings is 1. The van der Waals surface area contributed by atoms with Crippen molar-refractivity contribution in [1.82, 2.24) is 4.90 Å². The van der Waals surface area contributed by atoms with Crippen LogP contribution in [0.1, 0.15) is 35.8 Å². The second-order valence-corrected chi connectivity index (χ2v) is 6.38. The van der Waals surface area contributed by atoms with Crippen LogP contribution in [0.5, 0.6) is 0 Å². The topological polar surface area (TPSA) is 73.2 Å². The van der Waals surface area contributed by atoms with E-state index in [-0.39, 0.29) is 17.7 Å². The summed E-state index contributed by atoms with van der Waals surface area (Å²) in [4.78, 5) is 26.1. The number of nitrogens with zero attached hydrogens (tertiary/aromatic N) is 2. The van der Waals surface area contributed by atoms with Crippen molar-refractivity contribution in [2.45, 2.75) is 32.7 Å². The molecule has 1 saturated carbocycles. The van der Waals surface area contributed by atoms with Crippen LogP contribution in [0.2, 0.25) is 0 Å². The van der Waals surface area contributed by atoms with Crippen molar-refractivity contribution in [3.8, 4) is 6.07 Å². The van der Waals surface area contributed by atoms with Crippen LogP contribution in [-0.4, -0.2) is 23.3 Å². The lowest BCUT2D eigenvalue weighted by atomic mass is 10.0. The highest BCUT2D eigenvalue weighted by Crippen LogP contribution is 2.38. The zero-order chi connectivity index (χ0) is 14.3. The Labute approximate surface area is 121 Å². The average molecular weight is 289 g/mol. The van der Waals surface area contributed by atoms with Crippen LogP contribution in [0.15, 0.2) is 0 Å². The number of fused-ring (bicyclic) bond motifs is 1. The van der Waals surface area contributed by atoms with Gasteiger partial charge in [-0.3, -0.25) is 9.59 Å². The van der Waals surface area contributed by atoms with Gasteiger partial charge in [-0.15, -0.1) is 11.3 Å². The van der Waals surface area contributed by atoms with E-state index in [1.54, 1.807) is 11.8 Å². The molecule has 0 aromatic carbocycles. The molecule has 20 heavy (non-hydrogen) atoms. The molecule has 0 radical (unpaired) electrons. The van der Waals surface area contributed by atoms with E-state index in [1.807, 2.05) is 0 Å². The lowest BCUT2D eigenvalue weighted by molar-refractivity contribution is -0.129. The third-order valence-corrected chi connectivity index (χ3v) is 4.93. The van der Waals surface area contributed by atoms with Gasteiger partial charge in [0, 0.05) is 24.3 Å². The summed E-state index contributed by atoms with van der Waals surface area (Å²) in [6.45, 7) is 2.74. The largest absolute Gasteiger partial charge is 0.337 e. The highest BCUT2D eigenvalue weighted by molar-refractivity contribution is 7.16. The van der Waals surface area contributed by atoms with E-state index in [1.165, 1.54) is 11.3 Å². The molecule has 1 aliphatic heterocycles. The monoisotopic (exact) mass is 289 g/mol. The van der Waals surface area contributed by atoms with E-state index < -0.39 is 0 Å². The predicted molar refractivity (Wildman–Crippen MR) is 75.2 cm³/mol. The molecule has 0 bridgehead atoms. The molecule has 1 fully saturated rings. The van der Waals surface area contributed by atoms with Gasteiger partial charge in [-0.1, -0.05) is 0 Å². The zero-order valence-electron chi connectivity index (χ0n) is 11.2. The molecule has 3 rings (SSSR count). The average Bonchev–Trinajstić information content (AvgIpc) is 3.20. The van der Waals surface area contributed by atoms with Gasteiger partial charge in [0.1, 0.15) is 11.1 Å². The Hall–Kier alpha value is -1.87. The Balaban J connectivity index is 1.87. The quantitative estimate of drug-likeness (QED) is 0.903. The van der Waals surface area contributed by atoms with Gasteiger partial charge in [-0.25, -0.2) is 0 Å². The van der Waals surface area contributed by atoms with Gasteiger partial charge in [-0.05, 0) is 24.8 Å². The Morgan fingerprint density at radius 1 is 1.45 bits per heavy atom. The number of nitrogens with one attached hydrogen (secondary N) is 1. The number of rotatable bonds is 2. The van der Waals surface area contributed by atoms with Crippen LogP contribution < -0.4 is 5.32 Å². The summed E-state index contributed by atoms with van der Waals surface area (Å²) >= 11 is 1.43. The van der Waals surface area contributed by atoms with Gasteiger partial charge in [0.15, 0.2) is 0 Å². The number of nitriles is 1. The molecule has 0 saturated heterocycles. The van der Waals surface area contributed by atoms with Crippen LogP contribution >= 0.6 is 11.3 Å². The Morgan fingerprint density at radius 3 is 2.80 bits per heavy atom. The summed E-state index contributed by atoms with van der Waals surface area (Å²) in [6.07, 6.45) is 2.57. The van der Waals surface area contributed by atoms with E-state index in [9.17, 15) is 14.9 Å². The summed E-state index contributed by atoms with van der Waals surface area (Å²) in [7, 11) is 0. The molecular weight excluding hydrogens is 274 g/mol. The molecule has 1 aliphatic carbocycles. The molecular formula is C14H15N3O2S. The van der Waals surface area contributed by atoms with Gasteiger partial charge in [0.2, 0.25) is 11.8 Å². The third-order valence-electron chi connectivity index (χ3n) is 3.80. The van der Waals surface area contributed by atoms with Crippen LogP contribution in [-0.2, 0) is 22.6 Å². The number of amides is 2. The lowest BCUT2D eigenvalue weighted by Crippen LogP contribution is -2.33. The second kappa shape index (κ2) is 4.91. The molecule has 0 unspecified atom stereocenters. The molecule has 2 amide bonds. The third kappa shape index (κ3) is 2.29. The first-order chi connectivity index (χ1) is 9.60. The minimum atomic E-state index is 0.0171. The number of hydrogen-bond acceptors (Lipinski definition) is 4. The smallest absolute Gasteiger partial charge is 0.228 e. The lowest BCUT2D eigenvalue weighted by Gasteiger charge is -2.25. The van der Waals surface area contributed by atoms with Crippen molar-refractivity contribution in [2.75, 3.05) is 11.9 Å². The van der Waals surface area contributed by atoms with Crippen LogP contribution in [0.4, 0.5) is 5.00 Å². The van der Waals surface area contributed by atoms with Gasteiger partial charge in [0.25, 0.3) is 0 Å². The first-order valence-electron chi connectivity index (χ1n) is 6.71. The molecule has 5 nitrogen and oxygen atoms in total. The van der Waals surface area contributed by atoms with E-state index in [0.29, 0.717) is 30.1 Å². The summed E-state index contributed by atoms with van der Waals surface area (Å²) in [5.41, 5.74) is 1.59. The van der Waals surface area contributed by atoms with Crippen LogP contribution in [0.25, 0.3) is 0 Å². The SMILES string of the molecule is CC(=O)N1CCc2c(sc(NC(=O)C3CC3)c2C#N)C1. The minimum Gasteiger partial charge on any atom is -0.337 e. The molecule has 0 spiro atoms. The van der Waals surface area contributed by atoms with E-state index in [2.05, 4.69) is 11.4 Å². The zero-order valence-corrected chi connectivity index (χ0v) is 12.0. The van der Waals surface area contributed by atoms with Crippen molar-refractivity contribution in [2.24, 2.45) is 5.92 Å². The van der Waals surface area contributed by atoms with E-state index >= 15 is 0 Å². The standard InChI is InChI=1S/C14H15N3O2S/c1-8(18)17-5-4-10-11(6-15)14(20-12(10)7-17)16-13(19)9-2-3-9/h9H,2-5,7H2,1H3,(H,16,19). The first kappa shape index (κ1) is 13.1. The molecule has 104 valence electrons. The minimum absolute atomic E-state index is 0.0171. The highest BCUT2D eigenvalue weighted by atomic mass is 32.1. The fourth-order valence-electron chi connectivity index (χ4n) is 2.44. The maximum Gasteiger partial charge on any atom is 0.228 e. The molecule has 2 heterocycles. The van der Waals surface area contributed by atoms with Gasteiger partial charge in [-0.2, -0.15) is 5.26 Å². The molecule has 1 aromatic heterocycles. The van der Waals surface area contributed by atoms with Gasteiger partial charge in [0.05, 0.1) is 12.1 Å². The van der Waals surface area contributed by atoms with Crippen molar-refractivity contribution in [3.05, 3.63) is 16.0 Å². The fourth-order valence-corrected chi connectivity index (χ4v) is 3.65. The molecule has 0 atom stereocenters. The number of carbonyl (C=O) groups is 2. The van der Waals surface area contributed by atoms with Gasteiger partial charge < -0.3 is 10.2 Å². The van der Waals surface area contributed by atoms with Crippen molar-refractivity contribution in [1.29, 1.82) is 5.26 Å². The van der Waals surface area contributed by atoms with Gasteiger partial charge >= 0.3 is 0 Å². The predicted octanol–water partition coefficient (Wildman–Crippen LogP) is 1.87. The van der Waals surface area contributed by atoms with E-state index in [0.717, 1.165) is 23.3 Å². The maximum atomic E-state index is 11.8. The summed E-state index contributed by atoms with van der Waals surface area (Å²) < 4.78 is 0. The molecule has 1 N–H and O–H groups in total. The summed E-state index contributed by atoms with van der Waals surface area (Å²) in [6, 6.07) is 2.20. The van der Waals surface area contributed by atoms with Crippen LogP contribution in [0, 0.1) is 17.2 Å². The summed E-state index contributed by atoms with van der Waals surface area (Å²) in [5.74, 6) is 0.184. The highest BCUT2D eigenvalue weighted by Gasteiger charge is 2.32. The van der Waals surface area contributed by atoms with Crippen LogP contribution in [0.3, 0.4) is 0 Å². The van der Waals surface area contributed by atoms with Crippen molar-refractivity contribution in [3.63, 3.8) is 0 Å². The number of carbonyl (C=O) groups excluding carboxylic acids is 2. The Bertz CT molecular complexity index is 625. The second-order valence-electron chi connectivity index (χ2n) is 5.27. The first-order valence-corrected chi connectivity index (χ1v) is 7.52. The maximum absolute atomic E-state index is 11.8. The Kier molecular flexibility index (Phi) is 3.22. The number of hydrogen-bond donors (Lipinski definition) is 1. The Morgan fingerprint density at radius 2 is 2.20 bits per heavy atom. The van der Waals surface area contributed by atoms with E-state index in [4.69, 9.17) is 0 Å². The molecule has 6 heteroatoms. The normalized spacial score (nSPS) is 17.3. The van der Waals surface area contributed by atoms with Crippen molar-refractivity contribution < 1.29 is 9.59 Å².